The lowest BCUT2D eigenvalue weighted by atomic mass is 10.0. The number of halogens is 2. The Balaban J connectivity index is 3.14. The molecule has 106 valence electrons. The fraction of sp³-hybridized carbons (Fsp3) is 0.417. The molecule has 0 radical (unpaired) electrons. The van der Waals surface area contributed by atoms with Crippen molar-refractivity contribution in [3.8, 4) is 11.5 Å². The van der Waals surface area contributed by atoms with E-state index >= 15 is 0 Å². The average Bonchev–Trinajstić information content (AvgIpc) is 2.38. The van der Waals surface area contributed by atoms with Gasteiger partial charge in [-0.15, -0.1) is 0 Å². The van der Waals surface area contributed by atoms with E-state index in [1.807, 2.05) is 0 Å². The molecule has 3 N–H and O–H groups in total. The third kappa shape index (κ3) is 3.57. The van der Waals surface area contributed by atoms with Gasteiger partial charge in [0.25, 0.3) is 0 Å². The summed E-state index contributed by atoms with van der Waals surface area (Å²) < 4.78 is 24.4. The normalized spacial score (nSPS) is 12.1. The standard InChI is InChI=1S/C12H15BrFNO4/c1-18-8-5-6(7(15)3-4-9(16)17)11(14)10(13)12(8)19-2/h5,7H,3-4,15H2,1-2H3,(H,16,17). The molecule has 0 aliphatic heterocycles. The number of benzene rings is 1. The molecule has 1 aromatic carbocycles. The van der Waals surface area contributed by atoms with Crippen LogP contribution in [0, 0.1) is 5.82 Å². The number of rotatable bonds is 6. The SMILES string of the molecule is COc1cc(C(N)CCC(=O)O)c(F)c(Br)c1OC. The van der Waals surface area contributed by atoms with E-state index in [0.717, 1.165) is 0 Å². The van der Waals surface area contributed by atoms with Crippen LogP contribution in [0.15, 0.2) is 10.5 Å². The molecule has 0 heterocycles. The van der Waals surface area contributed by atoms with E-state index < -0.39 is 17.8 Å². The molecule has 7 heteroatoms. The predicted octanol–water partition coefficient (Wildman–Crippen LogP) is 2.47. The number of hydrogen-bond acceptors (Lipinski definition) is 4. The molecule has 19 heavy (non-hydrogen) atoms. The maximum Gasteiger partial charge on any atom is 0.303 e. The van der Waals surface area contributed by atoms with Gasteiger partial charge in [-0.2, -0.15) is 0 Å². The number of ether oxygens (including phenoxy) is 2. The molecule has 0 spiro atoms. The Morgan fingerprint density at radius 1 is 1.53 bits per heavy atom. The highest BCUT2D eigenvalue weighted by Crippen LogP contribution is 2.40. The number of carboxylic acids is 1. The second kappa shape index (κ2) is 6.72. The first-order valence-electron chi connectivity index (χ1n) is 5.49. The Hall–Kier alpha value is -1.34. The molecule has 0 amide bonds. The third-order valence-corrected chi connectivity index (χ3v) is 3.36. The summed E-state index contributed by atoms with van der Waals surface area (Å²) >= 11 is 3.08. The van der Waals surface area contributed by atoms with Gasteiger partial charge in [-0.3, -0.25) is 4.79 Å². The van der Waals surface area contributed by atoms with Crippen molar-refractivity contribution >= 4 is 21.9 Å². The molecule has 1 rings (SSSR count). The van der Waals surface area contributed by atoms with Gasteiger partial charge in [0.1, 0.15) is 5.82 Å². The van der Waals surface area contributed by atoms with Crippen LogP contribution in [0.4, 0.5) is 4.39 Å². The minimum absolute atomic E-state index is 0.107. The van der Waals surface area contributed by atoms with Crippen LogP contribution in [0.25, 0.3) is 0 Å². The fourth-order valence-corrected chi connectivity index (χ4v) is 2.24. The number of aliphatic carboxylic acids is 1. The smallest absolute Gasteiger partial charge is 0.303 e. The quantitative estimate of drug-likeness (QED) is 0.834. The van der Waals surface area contributed by atoms with E-state index in [-0.39, 0.29) is 28.6 Å². The highest BCUT2D eigenvalue weighted by molar-refractivity contribution is 9.10. The molecule has 0 fully saturated rings. The monoisotopic (exact) mass is 335 g/mol. The van der Waals surface area contributed by atoms with Gasteiger partial charge in [-0.1, -0.05) is 0 Å². The van der Waals surface area contributed by atoms with Crippen molar-refractivity contribution in [2.45, 2.75) is 18.9 Å². The van der Waals surface area contributed by atoms with E-state index in [4.69, 9.17) is 20.3 Å². The van der Waals surface area contributed by atoms with Gasteiger partial charge < -0.3 is 20.3 Å². The topological polar surface area (TPSA) is 81.8 Å². The van der Waals surface area contributed by atoms with Gasteiger partial charge in [0.2, 0.25) is 0 Å². The summed E-state index contributed by atoms with van der Waals surface area (Å²) in [7, 11) is 2.82. The van der Waals surface area contributed by atoms with Crippen LogP contribution in [0.3, 0.4) is 0 Å². The fourth-order valence-electron chi connectivity index (χ4n) is 1.65. The van der Waals surface area contributed by atoms with Crippen molar-refractivity contribution < 1.29 is 23.8 Å². The van der Waals surface area contributed by atoms with Crippen molar-refractivity contribution in [3.63, 3.8) is 0 Å². The molecule has 1 unspecified atom stereocenters. The molecule has 0 aromatic heterocycles. The van der Waals surface area contributed by atoms with Crippen LogP contribution >= 0.6 is 15.9 Å². The van der Waals surface area contributed by atoms with Gasteiger partial charge in [-0.25, -0.2) is 4.39 Å². The van der Waals surface area contributed by atoms with Crippen LogP contribution < -0.4 is 15.2 Å². The number of carboxylic acid groups (broad SMARTS) is 1. The van der Waals surface area contributed by atoms with Crippen LogP contribution in [-0.2, 0) is 4.79 Å². The van der Waals surface area contributed by atoms with Crippen LogP contribution in [0.2, 0.25) is 0 Å². The summed E-state index contributed by atoms with van der Waals surface area (Å²) in [6.07, 6.45) is 0.000741. The Bertz CT molecular complexity index is 481. The Kier molecular flexibility index (Phi) is 5.56. The molecule has 0 saturated carbocycles. The first kappa shape index (κ1) is 15.7. The Morgan fingerprint density at radius 3 is 2.63 bits per heavy atom. The van der Waals surface area contributed by atoms with E-state index in [1.54, 1.807) is 0 Å². The van der Waals surface area contributed by atoms with Crippen molar-refractivity contribution in [1.82, 2.24) is 0 Å². The lowest BCUT2D eigenvalue weighted by Crippen LogP contribution is -2.14. The molecule has 1 atom stereocenters. The van der Waals surface area contributed by atoms with Crippen molar-refractivity contribution in [3.05, 3.63) is 21.9 Å². The molecule has 5 nitrogen and oxygen atoms in total. The lowest BCUT2D eigenvalue weighted by molar-refractivity contribution is -0.137. The van der Waals surface area contributed by atoms with Crippen LogP contribution in [0.1, 0.15) is 24.4 Å². The van der Waals surface area contributed by atoms with E-state index in [2.05, 4.69) is 15.9 Å². The summed E-state index contributed by atoms with van der Waals surface area (Å²) in [5, 5.41) is 8.61. The van der Waals surface area contributed by atoms with Crippen LogP contribution in [-0.4, -0.2) is 25.3 Å². The maximum absolute atomic E-state index is 14.1. The van der Waals surface area contributed by atoms with Crippen LogP contribution in [0.5, 0.6) is 11.5 Å². The second-order valence-electron chi connectivity index (χ2n) is 3.87. The van der Waals surface area contributed by atoms with E-state index in [1.165, 1.54) is 20.3 Å². The average molecular weight is 336 g/mol. The van der Waals surface area contributed by atoms with Gasteiger partial charge in [-0.05, 0) is 28.4 Å². The zero-order chi connectivity index (χ0) is 14.6. The van der Waals surface area contributed by atoms with E-state index in [0.29, 0.717) is 5.75 Å². The Morgan fingerprint density at radius 2 is 2.16 bits per heavy atom. The van der Waals surface area contributed by atoms with E-state index in [9.17, 15) is 9.18 Å². The Labute approximate surface area is 118 Å². The minimum Gasteiger partial charge on any atom is -0.493 e. The summed E-state index contributed by atoms with van der Waals surface area (Å²) in [6, 6.07) is 0.693. The summed E-state index contributed by atoms with van der Waals surface area (Å²) in [6.45, 7) is 0. The van der Waals surface area contributed by atoms with Crippen molar-refractivity contribution in [2.24, 2.45) is 5.73 Å². The zero-order valence-electron chi connectivity index (χ0n) is 10.6. The molecule has 0 saturated heterocycles. The molecule has 1 aromatic rings. The van der Waals surface area contributed by atoms with Crippen molar-refractivity contribution in [2.75, 3.05) is 14.2 Å². The van der Waals surface area contributed by atoms with Gasteiger partial charge in [0.15, 0.2) is 11.5 Å². The molecular formula is C12H15BrFNO4. The lowest BCUT2D eigenvalue weighted by Gasteiger charge is -2.17. The second-order valence-corrected chi connectivity index (χ2v) is 4.66. The number of hydrogen-bond donors (Lipinski definition) is 2. The number of methoxy groups -OCH3 is 2. The molecule has 0 bridgehead atoms. The zero-order valence-corrected chi connectivity index (χ0v) is 12.2. The first-order valence-corrected chi connectivity index (χ1v) is 6.28. The largest absolute Gasteiger partial charge is 0.493 e. The number of nitrogens with two attached hydrogens (primary N) is 1. The molecule has 0 aliphatic carbocycles. The van der Waals surface area contributed by atoms with Gasteiger partial charge in [0.05, 0.1) is 18.7 Å². The predicted molar refractivity (Wildman–Crippen MR) is 71.0 cm³/mol. The highest BCUT2D eigenvalue weighted by Gasteiger charge is 2.22. The van der Waals surface area contributed by atoms with Gasteiger partial charge in [0, 0.05) is 18.0 Å². The number of carbonyl (C=O) groups is 1. The molecule has 0 aliphatic rings. The molecular weight excluding hydrogens is 321 g/mol. The van der Waals surface area contributed by atoms with Gasteiger partial charge >= 0.3 is 5.97 Å². The first-order chi connectivity index (χ1) is 8.92. The summed E-state index contributed by atoms with van der Waals surface area (Å²) in [5.74, 6) is -0.989. The minimum atomic E-state index is -0.976. The van der Waals surface area contributed by atoms with Crippen molar-refractivity contribution in [1.29, 1.82) is 0 Å². The summed E-state index contributed by atoms with van der Waals surface area (Å²) in [4.78, 5) is 10.5. The maximum atomic E-state index is 14.1. The summed E-state index contributed by atoms with van der Waals surface area (Å²) in [5.41, 5.74) is 5.99. The highest BCUT2D eigenvalue weighted by atomic mass is 79.9. The third-order valence-electron chi connectivity index (χ3n) is 2.65.